The number of ether oxygens (including phenoxy) is 3. The third-order valence-corrected chi connectivity index (χ3v) is 3.40. The molecule has 0 fully saturated rings. The van der Waals surface area contributed by atoms with Crippen LogP contribution in [0, 0.1) is 6.92 Å². The predicted octanol–water partition coefficient (Wildman–Crippen LogP) is 1.63. The Balaban J connectivity index is 2.14. The predicted molar refractivity (Wildman–Crippen MR) is 75.6 cm³/mol. The fraction of sp³-hybridized carbons (Fsp3) is 0.500. The largest absolute Gasteiger partial charge is 0.485 e. The van der Waals surface area contributed by atoms with E-state index in [2.05, 4.69) is 15.2 Å². The van der Waals surface area contributed by atoms with Gasteiger partial charge < -0.3 is 18.8 Å². The van der Waals surface area contributed by atoms with E-state index in [1.165, 1.54) is 0 Å². The maximum absolute atomic E-state index is 5.94. The van der Waals surface area contributed by atoms with Gasteiger partial charge in [-0.15, -0.1) is 10.2 Å². The first-order valence-corrected chi connectivity index (χ1v) is 6.91. The Morgan fingerprint density at radius 3 is 3.05 bits per heavy atom. The lowest BCUT2D eigenvalue weighted by Gasteiger charge is -2.17. The lowest BCUT2D eigenvalue weighted by molar-refractivity contribution is 0.122. The molecule has 1 aliphatic rings. The number of hydrogen-bond acceptors (Lipinski definition) is 6. The van der Waals surface area contributed by atoms with Gasteiger partial charge in [-0.2, -0.15) is 0 Å². The maximum Gasteiger partial charge on any atom is 0.257 e. The lowest BCUT2D eigenvalue weighted by atomic mass is 10.2. The quantitative estimate of drug-likeness (QED) is 0.852. The van der Waals surface area contributed by atoms with Crippen LogP contribution in [-0.2, 0) is 4.74 Å². The van der Waals surface area contributed by atoms with Crippen LogP contribution in [0.1, 0.15) is 18.8 Å². The van der Waals surface area contributed by atoms with E-state index in [9.17, 15) is 0 Å². The van der Waals surface area contributed by atoms with Gasteiger partial charge in [-0.25, -0.2) is 4.98 Å². The van der Waals surface area contributed by atoms with Crippen LogP contribution in [0.4, 0.5) is 0 Å². The zero-order valence-electron chi connectivity index (χ0n) is 12.4. The normalized spacial score (nSPS) is 16.6. The molecule has 0 saturated carbocycles. The summed E-state index contributed by atoms with van der Waals surface area (Å²) in [5, 5.41) is 8.47. The molecule has 7 heteroatoms. The summed E-state index contributed by atoms with van der Waals surface area (Å²) in [5.74, 6) is 2.69. The van der Waals surface area contributed by atoms with Gasteiger partial charge in [0.1, 0.15) is 12.4 Å². The van der Waals surface area contributed by atoms with Crippen molar-refractivity contribution in [3.8, 4) is 23.0 Å². The fourth-order valence-electron chi connectivity index (χ4n) is 2.54. The van der Waals surface area contributed by atoms with Gasteiger partial charge in [0.15, 0.2) is 11.6 Å². The minimum atomic E-state index is 0.0156. The molecule has 1 aliphatic heterocycles. The third kappa shape index (κ3) is 2.33. The molecule has 7 nitrogen and oxygen atoms in total. The zero-order valence-corrected chi connectivity index (χ0v) is 12.4. The third-order valence-electron chi connectivity index (χ3n) is 3.40. The summed E-state index contributed by atoms with van der Waals surface area (Å²) >= 11 is 0. The first-order chi connectivity index (χ1) is 10.3. The van der Waals surface area contributed by atoms with Crippen LogP contribution < -0.4 is 9.47 Å². The fourth-order valence-corrected chi connectivity index (χ4v) is 2.54. The second-order valence-corrected chi connectivity index (χ2v) is 4.79. The van der Waals surface area contributed by atoms with Crippen molar-refractivity contribution in [2.75, 3.05) is 26.9 Å². The van der Waals surface area contributed by atoms with E-state index in [0.717, 1.165) is 17.2 Å². The lowest BCUT2D eigenvalue weighted by Crippen LogP contribution is -2.22. The second-order valence-electron chi connectivity index (χ2n) is 4.79. The summed E-state index contributed by atoms with van der Waals surface area (Å²) in [6.45, 7) is 5.35. The smallest absolute Gasteiger partial charge is 0.257 e. The summed E-state index contributed by atoms with van der Waals surface area (Å²) in [6, 6.07) is 1.88. The number of rotatable bonds is 4. The first-order valence-electron chi connectivity index (χ1n) is 6.91. The van der Waals surface area contributed by atoms with Gasteiger partial charge in [-0.05, 0) is 19.9 Å². The molecule has 0 aromatic carbocycles. The van der Waals surface area contributed by atoms with Crippen LogP contribution in [0.2, 0.25) is 0 Å². The number of pyridine rings is 1. The minimum absolute atomic E-state index is 0.0156. The van der Waals surface area contributed by atoms with Crippen LogP contribution in [-0.4, -0.2) is 46.7 Å². The van der Waals surface area contributed by atoms with Gasteiger partial charge in [0.25, 0.3) is 5.88 Å². The van der Waals surface area contributed by atoms with Crippen LogP contribution in [0.15, 0.2) is 12.3 Å². The molecule has 0 amide bonds. The molecule has 0 unspecified atom stereocenters. The van der Waals surface area contributed by atoms with Crippen LogP contribution in [0.25, 0.3) is 11.4 Å². The highest BCUT2D eigenvalue weighted by molar-refractivity contribution is 5.68. The van der Waals surface area contributed by atoms with Crippen molar-refractivity contribution in [1.29, 1.82) is 0 Å². The molecule has 0 aliphatic carbocycles. The monoisotopic (exact) mass is 290 g/mol. The van der Waals surface area contributed by atoms with Crippen LogP contribution in [0.3, 0.4) is 0 Å². The molecule has 2 aromatic heterocycles. The average molecular weight is 290 g/mol. The van der Waals surface area contributed by atoms with Crippen molar-refractivity contribution < 1.29 is 14.2 Å². The molecule has 3 rings (SSSR count). The summed E-state index contributed by atoms with van der Waals surface area (Å²) in [5.41, 5.74) is 0.840. The SMILES string of the molecule is CCOc1nccc2c1OC[C@@H](COC)n1c(C)nnc1-2. The Bertz CT molecular complexity index is 641. The zero-order chi connectivity index (χ0) is 14.8. The van der Waals surface area contributed by atoms with E-state index in [0.29, 0.717) is 31.5 Å². The molecule has 1 atom stereocenters. The Hall–Kier alpha value is -2.15. The van der Waals surface area contributed by atoms with Crippen molar-refractivity contribution in [3.63, 3.8) is 0 Å². The van der Waals surface area contributed by atoms with Crippen LogP contribution >= 0.6 is 0 Å². The Kier molecular flexibility index (Phi) is 3.74. The van der Waals surface area contributed by atoms with Crippen LogP contribution in [0.5, 0.6) is 11.6 Å². The van der Waals surface area contributed by atoms with Crippen molar-refractivity contribution in [2.45, 2.75) is 19.9 Å². The molecule has 0 radical (unpaired) electrons. The Labute approximate surface area is 122 Å². The maximum atomic E-state index is 5.94. The van der Waals surface area contributed by atoms with Gasteiger partial charge in [0, 0.05) is 13.3 Å². The van der Waals surface area contributed by atoms with E-state index < -0.39 is 0 Å². The molecular weight excluding hydrogens is 272 g/mol. The topological polar surface area (TPSA) is 71.3 Å². The molecule has 0 bridgehead atoms. The van der Waals surface area contributed by atoms with Gasteiger partial charge >= 0.3 is 0 Å². The summed E-state index contributed by atoms with van der Waals surface area (Å²) < 4.78 is 18.8. The van der Waals surface area contributed by atoms with Gasteiger partial charge in [-0.3, -0.25) is 0 Å². The summed E-state index contributed by atoms with van der Waals surface area (Å²) in [7, 11) is 1.67. The summed E-state index contributed by atoms with van der Waals surface area (Å²) in [6.07, 6.45) is 1.69. The molecule has 21 heavy (non-hydrogen) atoms. The highest BCUT2D eigenvalue weighted by Gasteiger charge is 2.28. The highest BCUT2D eigenvalue weighted by atomic mass is 16.5. The van der Waals surface area contributed by atoms with E-state index in [1.54, 1.807) is 13.3 Å². The molecule has 112 valence electrons. The average Bonchev–Trinajstić information content (AvgIpc) is 2.78. The van der Waals surface area contributed by atoms with Crippen molar-refractivity contribution in [3.05, 3.63) is 18.1 Å². The first kappa shape index (κ1) is 13.8. The molecule has 2 aromatic rings. The van der Waals surface area contributed by atoms with E-state index >= 15 is 0 Å². The molecular formula is C14H18N4O3. The van der Waals surface area contributed by atoms with Gasteiger partial charge in [-0.1, -0.05) is 0 Å². The number of aryl methyl sites for hydroxylation is 1. The molecule has 0 N–H and O–H groups in total. The number of hydrogen-bond donors (Lipinski definition) is 0. The van der Waals surface area contributed by atoms with Gasteiger partial charge in [0.2, 0.25) is 0 Å². The number of fused-ring (bicyclic) bond motifs is 3. The highest BCUT2D eigenvalue weighted by Crippen LogP contribution is 2.39. The minimum Gasteiger partial charge on any atom is -0.485 e. The van der Waals surface area contributed by atoms with E-state index in [-0.39, 0.29) is 6.04 Å². The van der Waals surface area contributed by atoms with E-state index in [4.69, 9.17) is 14.2 Å². The standard InChI is InChI=1S/C14H18N4O3/c1-4-20-14-12-11(5-6-15-14)13-17-16-9(2)18(13)10(7-19-3)8-21-12/h5-6,10H,4,7-8H2,1-3H3/t10-/m1/s1. The number of aromatic nitrogens is 4. The van der Waals surface area contributed by atoms with Crippen molar-refractivity contribution >= 4 is 0 Å². The molecule has 0 spiro atoms. The summed E-state index contributed by atoms with van der Waals surface area (Å²) in [4.78, 5) is 4.24. The number of methoxy groups -OCH3 is 1. The van der Waals surface area contributed by atoms with Crippen molar-refractivity contribution in [1.82, 2.24) is 19.7 Å². The number of nitrogens with zero attached hydrogens (tertiary/aromatic N) is 4. The Morgan fingerprint density at radius 1 is 1.43 bits per heavy atom. The Morgan fingerprint density at radius 2 is 2.29 bits per heavy atom. The van der Waals surface area contributed by atoms with E-state index in [1.807, 2.05) is 24.5 Å². The molecule has 3 heterocycles. The van der Waals surface area contributed by atoms with Crippen molar-refractivity contribution in [2.24, 2.45) is 0 Å². The second kappa shape index (κ2) is 5.69. The van der Waals surface area contributed by atoms with Gasteiger partial charge in [0.05, 0.1) is 24.8 Å². The molecule has 0 saturated heterocycles.